The molecule has 1 fully saturated rings. The Labute approximate surface area is 223 Å². The fourth-order valence-corrected chi connectivity index (χ4v) is 4.46. The summed E-state index contributed by atoms with van der Waals surface area (Å²) < 4.78 is 21.0. The van der Waals surface area contributed by atoms with Gasteiger partial charge in [-0.25, -0.2) is 0 Å². The molecule has 196 valence electrons. The quantitative estimate of drug-likeness (QED) is 0.149. The number of halogens is 1. The van der Waals surface area contributed by atoms with E-state index >= 15 is 0 Å². The number of amides is 1. The van der Waals surface area contributed by atoms with Gasteiger partial charge in [0.15, 0.2) is 0 Å². The molecule has 1 atom stereocenters. The first kappa shape index (κ1) is 26.6. The number of carbonyl (C=O) groups excluding carboxylic acids is 3. The van der Waals surface area contributed by atoms with E-state index in [0.717, 1.165) is 0 Å². The van der Waals surface area contributed by atoms with Gasteiger partial charge in [-0.2, -0.15) is 0 Å². The molecular formula is C28H24ClNO8. The third-order valence-electron chi connectivity index (χ3n) is 5.98. The van der Waals surface area contributed by atoms with Gasteiger partial charge in [0.25, 0.3) is 11.7 Å². The molecule has 0 saturated carbocycles. The smallest absolute Gasteiger partial charge is 0.308 e. The van der Waals surface area contributed by atoms with Crippen LogP contribution in [-0.4, -0.2) is 44.1 Å². The van der Waals surface area contributed by atoms with Gasteiger partial charge in [0, 0.05) is 18.7 Å². The van der Waals surface area contributed by atoms with Crippen LogP contribution >= 0.6 is 11.6 Å². The number of aliphatic hydroxyl groups excluding tert-OH is 1. The Morgan fingerprint density at radius 1 is 0.868 bits per heavy atom. The standard InChI is InChI=1S/C28H24ClNO8/c1-15(31)38-19-9-5-16(6-10-19)25-24(26(32)20-13-23(37-4)21(29)14-22(20)36-3)27(33)28(34)30(25)17-7-11-18(35-2)12-8-17/h5-14,25,32H,1-4H3/b26-24+. The Kier molecular flexibility index (Phi) is 7.59. The average molecular weight is 538 g/mol. The average Bonchev–Trinajstić information content (AvgIpc) is 3.18. The number of nitrogens with zero attached hydrogens (tertiary/aromatic N) is 1. The molecule has 0 spiro atoms. The normalized spacial score (nSPS) is 16.3. The Hall–Kier alpha value is -4.50. The van der Waals surface area contributed by atoms with Crippen LogP contribution in [0.15, 0.2) is 66.2 Å². The van der Waals surface area contributed by atoms with Crippen LogP contribution in [0.1, 0.15) is 24.1 Å². The number of esters is 1. The fourth-order valence-electron chi connectivity index (χ4n) is 4.23. The molecular weight excluding hydrogens is 514 g/mol. The zero-order chi connectivity index (χ0) is 27.6. The first-order valence-corrected chi connectivity index (χ1v) is 11.7. The highest BCUT2D eigenvalue weighted by Gasteiger charge is 2.47. The second kappa shape index (κ2) is 10.9. The van der Waals surface area contributed by atoms with Crippen molar-refractivity contribution < 1.29 is 38.4 Å². The topological polar surface area (TPSA) is 112 Å². The van der Waals surface area contributed by atoms with E-state index in [1.165, 1.54) is 57.4 Å². The van der Waals surface area contributed by atoms with Crippen molar-refractivity contribution in [2.45, 2.75) is 13.0 Å². The molecule has 0 aromatic heterocycles. The summed E-state index contributed by atoms with van der Waals surface area (Å²) in [5.74, 6) is -1.45. The summed E-state index contributed by atoms with van der Waals surface area (Å²) in [6, 6.07) is 14.7. The lowest BCUT2D eigenvalue weighted by Gasteiger charge is -2.26. The molecule has 1 N–H and O–H groups in total. The number of rotatable bonds is 7. The molecule has 0 aliphatic carbocycles. The summed E-state index contributed by atoms with van der Waals surface area (Å²) in [6.07, 6.45) is 0. The maximum Gasteiger partial charge on any atom is 0.308 e. The highest BCUT2D eigenvalue weighted by molar-refractivity contribution is 6.51. The van der Waals surface area contributed by atoms with Crippen molar-refractivity contribution in [1.82, 2.24) is 0 Å². The predicted molar refractivity (Wildman–Crippen MR) is 140 cm³/mol. The van der Waals surface area contributed by atoms with Gasteiger partial charge in [-0.3, -0.25) is 19.3 Å². The summed E-state index contributed by atoms with van der Waals surface area (Å²) in [7, 11) is 4.31. The van der Waals surface area contributed by atoms with Gasteiger partial charge in [-0.05, 0) is 48.0 Å². The number of ether oxygens (including phenoxy) is 4. The van der Waals surface area contributed by atoms with Crippen LogP contribution in [0.25, 0.3) is 5.76 Å². The van der Waals surface area contributed by atoms with Crippen molar-refractivity contribution in [3.63, 3.8) is 0 Å². The van der Waals surface area contributed by atoms with E-state index < -0.39 is 29.5 Å². The first-order chi connectivity index (χ1) is 18.2. The molecule has 38 heavy (non-hydrogen) atoms. The summed E-state index contributed by atoms with van der Waals surface area (Å²) in [4.78, 5) is 39.5. The van der Waals surface area contributed by atoms with E-state index in [1.807, 2.05) is 0 Å². The van der Waals surface area contributed by atoms with Crippen LogP contribution in [0.5, 0.6) is 23.0 Å². The van der Waals surface area contributed by atoms with Gasteiger partial charge < -0.3 is 24.1 Å². The summed E-state index contributed by atoms with van der Waals surface area (Å²) >= 11 is 6.22. The van der Waals surface area contributed by atoms with Gasteiger partial charge in [0.1, 0.15) is 28.8 Å². The van der Waals surface area contributed by atoms with Gasteiger partial charge in [-0.15, -0.1) is 0 Å². The highest BCUT2D eigenvalue weighted by atomic mass is 35.5. The maximum absolute atomic E-state index is 13.4. The molecule has 1 heterocycles. The van der Waals surface area contributed by atoms with Crippen molar-refractivity contribution in [3.05, 3.63) is 82.4 Å². The number of anilines is 1. The number of methoxy groups -OCH3 is 3. The van der Waals surface area contributed by atoms with Crippen LogP contribution in [0, 0.1) is 0 Å². The number of hydrogen-bond acceptors (Lipinski definition) is 8. The molecule has 1 aliphatic heterocycles. The number of hydrogen-bond donors (Lipinski definition) is 1. The number of Topliss-reactive ketones (excluding diaryl/α,β-unsaturated/α-hetero) is 1. The van der Waals surface area contributed by atoms with E-state index in [9.17, 15) is 19.5 Å². The van der Waals surface area contributed by atoms with Crippen LogP contribution in [0.3, 0.4) is 0 Å². The van der Waals surface area contributed by atoms with Gasteiger partial charge in [0.05, 0.1) is 43.5 Å². The van der Waals surface area contributed by atoms with E-state index in [2.05, 4.69) is 0 Å². The zero-order valence-corrected chi connectivity index (χ0v) is 21.7. The predicted octanol–water partition coefficient (Wildman–Crippen LogP) is 4.92. The van der Waals surface area contributed by atoms with Crippen molar-refractivity contribution in [2.24, 2.45) is 0 Å². The lowest BCUT2D eigenvalue weighted by molar-refractivity contribution is -0.132. The largest absolute Gasteiger partial charge is 0.507 e. The molecule has 0 radical (unpaired) electrons. The van der Waals surface area contributed by atoms with E-state index in [-0.39, 0.29) is 33.4 Å². The third-order valence-corrected chi connectivity index (χ3v) is 6.28. The SMILES string of the molecule is COc1ccc(N2C(=O)C(=O)/C(=C(/O)c3cc(OC)c(Cl)cc3OC)C2c2ccc(OC(C)=O)cc2)cc1. The van der Waals surface area contributed by atoms with Crippen molar-refractivity contribution in [1.29, 1.82) is 0 Å². The second-order valence-corrected chi connectivity index (χ2v) is 8.62. The zero-order valence-electron chi connectivity index (χ0n) is 21.0. The second-order valence-electron chi connectivity index (χ2n) is 8.22. The minimum Gasteiger partial charge on any atom is -0.507 e. The van der Waals surface area contributed by atoms with Gasteiger partial charge >= 0.3 is 5.97 Å². The van der Waals surface area contributed by atoms with Crippen LogP contribution in [0.4, 0.5) is 5.69 Å². The minimum absolute atomic E-state index is 0.114. The summed E-state index contributed by atoms with van der Waals surface area (Å²) in [5.41, 5.74) is 0.829. The molecule has 9 nitrogen and oxygen atoms in total. The Morgan fingerprint density at radius 2 is 1.47 bits per heavy atom. The van der Waals surface area contributed by atoms with E-state index in [4.69, 9.17) is 30.5 Å². The highest BCUT2D eigenvalue weighted by Crippen LogP contribution is 2.45. The van der Waals surface area contributed by atoms with Crippen molar-refractivity contribution in [3.8, 4) is 23.0 Å². The number of aliphatic hydroxyl groups is 1. The van der Waals surface area contributed by atoms with Crippen LogP contribution < -0.4 is 23.8 Å². The molecule has 3 aromatic rings. The molecule has 0 bridgehead atoms. The van der Waals surface area contributed by atoms with Crippen LogP contribution in [0.2, 0.25) is 5.02 Å². The summed E-state index contributed by atoms with van der Waals surface area (Å²) in [6.45, 7) is 1.28. The fraction of sp³-hybridized carbons (Fsp3) is 0.179. The van der Waals surface area contributed by atoms with Crippen LogP contribution in [-0.2, 0) is 14.4 Å². The Bertz CT molecular complexity index is 1430. The molecule has 1 saturated heterocycles. The van der Waals surface area contributed by atoms with Gasteiger partial charge in [0.2, 0.25) is 0 Å². The van der Waals surface area contributed by atoms with E-state index in [0.29, 0.717) is 17.0 Å². The third kappa shape index (κ3) is 4.88. The summed E-state index contributed by atoms with van der Waals surface area (Å²) in [5, 5.41) is 11.7. The van der Waals surface area contributed by atoms with Gasteiger partial charge in [-0.1, -0.05) is 23.7 Å². The molecule has 1 aliphatic rings. The van der Waals surface area contributed by atoms with Crippen molar-refractivity contribution in [2.75, 3.05) is 26.2 Å². The number of ketones is 1. The molecule has 10 heteroatoms. The Balaban J connectivity index is 1.95. The lowest BCUT2D eigenvalue weighted by atomic mass is 9.94. The van der Waals surface area contributed by atoms with Crippen molar-refractivity contribution >= 4 is 40.7 Å². The molecule has 3 aromatic carbocycles. The number of carbonyl (C=O) groups is 3. The monoisotopic (exact) mass is 537 g/mol. The molecule has 1 amide bonds. The lowest BCUT2D eigenvalue weighted by Crippen LogP contribution is -2.29. The van der Waals surface area contributed by atoms with E-state index in [1.54, 1.807) is 36.4 Å². The molecule has 1 unspecified atom stereocenters. The Morgan fingerprint density at radius 3 is 2.03 bits per heavy atom. The molecule has 4 rings (SSSR count). The first-order valence-electron chi connectivity index (χ1n) is 11.4. The maximum atomic E-state index is 13.4. The minimum atomic E-state index is -1.03. The number of benzene rings is 3.